The van der Waals surface area contributed by atoms with Crippen molar-refractivity contribution in [1.82, 2.24) is 9.97 Å². The number of nitrogens with one attached hydrogen (secondary N) is 2. The first-order valence-electron chi connectivity index (χ1n) is 5.79. The lowest BCUT2D eigenvalue weighted by molar-refractivity contribution is 0.262. The fourth-order valence-electron chi connectivity index (χ4n) is 1.49. The SMILES string of the molecule is COc1cc(NC(=O)Nc2ccnc(OC)c2)ccn1. The summed E-state index contributed by atoms with van der Waals surface area (Å²) in [7, 11) is 3.02. The van der Waals surface area contributed by atoms with Gasteiger partial charge in [0.2, 0.25) is 11.8 Å². The van der Waals surface area contributed by atoms with Gasteiger partial charge in [0.15, 0.2) is 0 Å². The van der Waals surface area contributed by atoms with Gasteiger partial charge in [0.05, 0.1) is 14.2 Å². The van der Waals surface area contributed by atoms with Crippen LogP contribution in [0, 0.1) is 0 Å². The van der Waals surface area contributed by atoms with E-state index in [9.17, 15) is 4.79 Å². The molecule has 0 aromatic carbocycles. The summed E-state index contributed by atoms with van der Waals surface area (Å²) in [5, 5.41) is 5.34. The van der Waals surface area contributed by atoms with Crippen LogP contribution in [0.1, 0.15) is 0 Å². The Morgan fingerprint density at radius 2 is 1.40 bits per heavy atom. The van der Waals surface area contributed by atoms with Gasteiger partial charge in [0, 0.05) is 35.9 Å². The van der Waals surface area contributed by atoms with Gasteiger partial charge in [0.1, 0.15) is 0 Å². The first-order chi connectivity index (χ1) is 9.71. The molecular weight excluding hydrogens is 260 g/mol. The number of ether oxygens (including phenoxy) is 2. The Balaban J connectivity index is 2.01. The highest BCUT2D eigenvalue weighted by Crippen LogP contribution is 2.16. The first kappa shape index (κ1) is 13.6. The summed E-state index contributed by atoms with van der Waals surface area (Å²) in [6.07, 6.45) is 3.09. The van der Waals surface area contributed by atoms with Gasteiger partial charge >= 0.3 is 6.03 Å². The van der Waals surface area contributed by atoms with Crippen LogP contribution in [-0.2, 0) is 0 Å². The number of carbonyl (C=O) groups is 1. The topological polar surface area (TPSA) is 85.4 Å². The molecule has 0 fully saturated rings. The molecule has 7 heteroatoms. The van der Waals surface area contributed by atoms with Crippen molar-refractivity contribution >= 4 is 17.4 Å². The highest BCUT2D eigenvalue weighted by atomic mass is 16.5. The number of anilines is 2. The second kappa shape index (κ2) is 6.37. The van der Waals surface area contributed by atoms with E-state index in [0.717, 1.165) is 0 Å². The molecule has 0 aliphatic heterocycles. The molecule has 0 bridgehead atoms. The lowest BCUT2D eigenvalue weighted by Gasteiger charge is -2.08. The number of urea groups is 1. The van der Waals surface area contributed by atoms with E-state index in [0.29, 0.717) is 23.1 Å². The first-order valence-corrected chi connectivity index (χ1v) is 5.79. The standard InChI is InChI=1S/C13H14N4O3/c1-19-11-7-9(3-5-14-11)16-13(18)17-10-4-6-15-12(8-10)20-2/h3-8H,1-2H3,(H2,14,15,16,17,18). The molecule has 2 amide bonds. The fraction of sp³-hybridized carbons (Fsp3) is 0.154. The number of aromatic nitrogens is 2. The zero-order chi connectivity index (χ0) is 14.4. The number of hydrogen-bond donors (Lipinski definition) is 2. The Labute approximate surface area is 116 Å². The van der Waals surface area contributed by atoms with Crippen LogP contribution < -0.4 is 20.1 Å². The summed E-state index contributed by atoms with van der Waals surface area (Å²) in [6.45, 7) is 0. The second-order valence-corrected chi connectivity index (χ2v) is 3.75. The molecule has 104 valence electrons. The zero-order valence-electron chi connectivity index (χ0n) is 11.1. The summed E-state index contributed by atoms with van der Waals surface area (Å²) in [6, 6.07) is 6.18. The number of hydrogen-bond acceptors (Lipinski definition) is 5. The van der Waals surface area contributed by atoms with E-state index in [1.165, 1.54) is 14.2 Å². The summed E-state index contributed by atoms with van der Waals surface area (Å²) in [4.78, 5) is 19.7. The van der Waals surface area contributed by atoms with Gasteiger partial charge in [-0.2, -0.15) is 0 Å². The molecule has 7 nitrogen and oxygen atoms in total. The van der Waals surface area contributed by atoms with Gasteiger partial charge in [-0.3, -0.25) is 0 Å². The largest absolute Gasteiger partial charge is 0.481 e. The van der Waals surface area contributed by atoms with Crippen molar-refractivity contribution in [3.05, 3.63) is 36.7 Å². The van der Waals surface area contributed by atoms with Crippen LogP contribution in [0.2, 0.25) is 0 Å². The van der Waals surface area contributed by atoms with Gasteiger partial charge in [-0.25, -0.2) is 14.8 Å². The van der Waals surface area contributed by atoms with Crippen molar-refractivity contribution in [2.75, 3.05) is 24.9 Å². The number of methoxy groups -OCH3 is 2. The molecule has 2 N–H and O–H groups in total. The van der Waals surface area contributed by atoms with Crippen LogP contribution in [0.4, 0.5) is 16.2 Å². The van der Waals surface area contributed by atoms with Crippen LogP contribution >= 0.6 is 0 Å². The van der Waals surface area contributed by atoms with E-state index in [1.807, 2.05) is 0 Å². The molecule has 0 spiro atoms. The predicted molar refractivity (Wildman–Crippen MR) is 74.2 cm³/mol. The molecule has 2 aromatic rings. The van der Waals surface area contributed by atoms with E-state index in [2.05, 4.69) is 20.6 Å². The fourth-order valence-corrected chi connectivity index (χ4v) is 1.49. The van der Waals surface area contributed by atoms with Crippen molar-refractivity contribution in [2.45, 2.75) is 0 Å². The summed E-state index contributed by atoms with van der Waals surface area (Å²) < 4.78 is 9.95. The van der Waals surface area contributed by atoms with E-state index >= 15 is 0 Å². The Morgan fingerprint density at radius 1 is 0.950 bits per heavy atom. The minimum absolute atomic E-state index is 0.383. The molecule has 2 rings (SSSR count). The smallest absolute Gasteiger partial charge is 0.323 e. The van der Waals surface area contributed by atoms with E-state index < -0.39 is 0 Å². The van der Waals surface area contributed by atoms with Gasteiger partial charge in [0.25, 0.3) is 0 Å². The van der Waals surface area contributed by atoms with Gasteiger partial charge in [-0.05, 0) is 12.1 Å². The number of pyridine rings is 2. The summed E-state index contributed by atoms with van der Waals surface area (Å²) in [5.41, 5.74) is 1.16. The third-order valence-electron chi connectivity index (χ3n) is 2.40. The molecule has 0 saturated carbocycles. The van der Waals surface area contributed by atoms with Crippen molar-refractivity contribution in [2.24, 2.45) is 0 Å². The highest BCUT2D eigenvalue weighted by Gasteiger charge is 2.05. The van der Waals surface area contributed by atoms with E-state index in [1.54, 1.807) is 36.7 Å². The van der Waals surface area contributed by atoms with Crippen LogP contribution in [0.25, 0.3) is 0 Å². The molecule has 2 heterocycles. The normalized spacial score (nSPS) is 9.70. The number of amides is 2. The monoisotopic (exact) mass is 274 g/mol. The number of rotatable bonds is 4. The number of carbonyl (C=O) groups excluding carboxylic acids is 1. The average Bonchev–Trinajstić information content (AvgIpc) is 2.47. The van der Waals surface area contributed by atoms with Crippen molar-refractivity contribution in [3.63, 3.8) is 0 Å². The highest BCUT2D eigenvalue weighted by molar-refractivity contribution is 5.99. The average molecular weight is 274 g/mol. The molecule has 0 aliphatic carbocycles. The summed E-state index contributed by atoms with van der Waals surface area (Å²) in [5.74, 6) is 0.849. The minimum atomic E-state index is -0.383. The molecule has 0 aliphatic rings. The van der Waals surface area contributed by atoms with E-state index in [-0.39, 0.29) is 6.03 Å². The molecular formula is C13H14N4O3. The van der Waals surface area contributed by atoms with Crippen LogP contribution in [0.15, 0.2) is 36.7 Å². The van der Waals surface area contributed by atoms with Crippen molar-refractivity contribution < 1.29 is 14.3 Å². The third kappa shape index (κ3) is 3.58. The minimum Gasteiger partial charge on any atom is -0.481 e. The molecule has 0 saturated heterocycles. The molecule has 2 aromatic heterocycles. The molecule has 0 radical (unpaired) electrons. The molecule has 0 atom stereocenters. The Morgan fingerprint density at radius 3 is 1.80 bits per heavy atom. The zero-order valence-corrected chi connectivity index (χ0v) is 11.1. The Bertz CT molecular complexity index is 552. The Kier molecular flexibility index (Phi) is 4.33. The lowest BCUT2D eigenvalue weighted by Crippen LogP contribution is -2.19. The maximum atomic E-state index is 11.8. The third-order valence-corrected chi connectivity index (χ3v) is 2.40. The maximum absolute atomic E-state index is 11.8. The van der Waals surface area contributed by atoms with Crippen LogP contribution in [-0.4, -0.2) is 30.2 Å². The van der Waals surface area contributed by atoms with Crippen LogP contribution in [0.3, 0.4) is 0 Å². The van der Waals surface area contributed by atoms with Gasteiger partial charge in [-0.15, -0.1) is 0 Å². The quantitative estimate of drug-likeness (QED) is 0.892. The maximum Gasteiger partial charge on any atom is 0.323 e. The number of nitrogens with zero attached hydrogens (tertiary/aromatic N) is 2. The second-order valence-electron chi connectivity index (χ2n) is 3.75. The van der Waals surface area contributed by atoms with Crippen molar-refractivity contribution in [1.29, 1.82) is 0 Å². The molecule has 20 heavy (non-hydrogen) atoms. The molecule has 0 unspecified atom stereocenters. The lowest BCUT2D eigenvalue weighted by atomic mass is 10.4. The van der Waals surface area contributed by atoms with Crippen molar-refractivity contribution in [3.8, 4) is 11.8 Å². The summed E-state index contributed by atoms with van der Waals surface area (Å²) >= 11 is 0. The predicted octanol–water partition coefficient (Wildman–Crippen LogP) is 2.14. The van der Waals surface area contributed by atoms with Crippen LogP contribution in [0.5, 0.6) is 11.8 Å². The van der Waals surface area contributed by atoms with Gasteiger partial charge < -0.3 is 20.1 Å². The van der Waals surface area contributed by atoms with E-state index in [4.69, 9.17) is 9.47 Å². The Hall–Kier alpha value is -2.83. The van der Waals surface area contributed by atoms with Gasteiger partial charge in [-0.1, -0.05) is 0 Å².